The molecule has 0 aliphatic heterocycles. The van der Waals surface area contributed by atoms with E-state index in [1.165, 1.54) is 334 Å². The number of carbonyl (C=O) groups excluding carboxylic acids is 2. The van der Waals surface area contributed by atoms with Crippen molar-refractivity contribution in [1.29, 1.82) is 0 Å². The highest BCUT2D eigenvalue weighted by Gasteiger charge is 2.18. The number of rotatable bonds is 69. The minimum atomic E-state index is -0.845. The number of hydrogen-bond acceptors (Lipinski definition) is 5. The normalized spacial score (nSPS) is 12.7. The highest BCUT2D eigenvalue weighted by molar-refractivity contribution is 5.76. The minimum Gasteiger partial charge on any atom is -0.466 e. The Morgan fingerprint density at radius 2 is 0.580 bits per heavy atom. The lowest BCUT2D eigenvalue weighted by Gasteiger charge is -2.20. The Balaban J connectivity index is 3.40. The van der Waals surface area contributed by atoms with Crippen LogP contribution in [0.3, 0.4) is 0 Å². The van der Waals surface area contributed by atoms with E-state index in [1.807, 2.05) is 6.08 Å². The van der Waals surface area contributed by atoms with Gasteiger partial charge in [-0.25, -0.2) is 0 Å². The lowest BCUT2D eigenvalue weighted by molar-refractivity contribution is -0.143. The molecular weight excluding hydrogens is 995 g/mol. The van der Waals surface area contributed by atoms with Crippen LogP contribution >= 0.6 is 0 Å². The van der Waals surface area contributed by atoms with Gasteiger partial charge >= 0.3 is 5.97 Å². The molecule has 0 fully saturated rings. The van der Waals surface area contributed by atoms with Gasteiger partial charge in [-0.2, -0.15) is 0 Å². The van der Waals surface area contributed by atoms with Crippen LogP contribution < -0.4 is 5.32 Å². The second-order valence-corrected chi connectivity index (χ2v) is 25.3. The maximum absolute atomic E-state index is 12.5. The zero-order chi connectivity index (χ0) is 58.5. The molecule has 0 rings (SSSR count). The summed E-state index contributed by atoms with van der Waals surface area (Å²) in [6, 6.07) is -0.628. The molecule has 0 aromatic heterocycles. The predicted octanol–water partition coefficient (Wildman–Crippen LogP) is 23.9. The van der Waals surface area contributed by atoms with Gasteiger partial charge in [-0.15, -0.1) is 0 Å². The van der Waals surface area contributed by atoms with Gasteiger partial charge in [-0.3, -0.25) is 9.59 Å². The Kier molecular flexibility index (Phi) is 68.9. The first-order valence-electron chi connectivity index (χ1n) is 36.8. The monoisotopic (exact) mass is 1140 g/mol. The van der Waals surface area contributed by atoms with Crippen LogP contribution in [0.5, 0.6) is 0 Å². The van der Waals surface area contributed by atoms with Crippen molar-refractivity contribution < 1.29 is 24.5 Å². The fraction of sp³-hybridized carbons (Fsp3) is 0.893. The summed E-state index contributed by atoms with van der Waals surface area (Å²) in [6.45, 7) is 4.93. The molecule has 0 spiro atoms. The van der Waals surface area contributed by atoms with Gasteiger partial charge in [0, 0.05) is 12.8 Å². The number of nitrogens with one attached hydrogen (secondary N) is 1. The van der Waals surface area contributed by atoms with Crippen LogP contribution in [-0.2, 0) is 14.3 Å². The lowest BCUT2D eigenvalue weighted by atomic mass is 10.0. The number of amides is 1. The SMILES string of the molecule is CCCCCCC/C=C\CCCCCCCC(=O)OCCCCCCCCCCCCCC/C=C\CCCCCCCCCCCCCCCC(=O)NC(CO)C(O)/C=C/CCCCCCCCCCCCCCCCCCCCC. The van der Waals surface area contributed by atoms with Gasteiger partial charge in [0.1, 0.15) is 0 Å². The topological polar surface area (TPSA) is 95.9 Å². The van der Waals surface area contributed by atoms with E-state index in [1.54, 1.807) is 6.08 Å². The van der Waals surface area contributed by atoms with Crippen molar-refractivity contribution in [2.75, 3.05) is 13.2 Å². The highest BCUT2D eigenvalue weighted by Crippen LogP contribution is 2.19. The van der Waals surface area contributed by atoms with Crippen molar-refractivity contribution in [1.82, 2.24) is 5.32 Å². The van der Waals surface area contributed by atoms with Crippen molar-refractivity contribution in [2.45, 2.75) is 418 Å². The van der Waals surface area contributed by atoms with Crippen LogP contribution in [0.15, 0.2) is 36.5 Å². The number of esters is 1. The van der Waals surface area contributed by atoms with E-state index < -0.39 is 12.1 Å². The molecule has 0 aromatic rings. The van der Waals surface area contributed by atoms with Crippen molar-refractivity contribution in [3.8, 4) is 0 Å². The van der Waals surface area contributed by atoms with E-state index in [4.69, 9.17) is 4.74 Å². The fourth-order valence-corrected chi connectivity index (χ4v) is 11.5. The first-order chi connectivity index (χ1) is 40.0. The summed E-state index contributed by atoms with van der Waals surface area (Å²) < 4.78 is 5.49. The number of ether oxygens (including phenoxy) is 1. The summed E-state index contributed by atoms with van der Waals surface area (Å²) >= 11 is 0. The zero-order valence-corrected chi connectivity index (χ0v) is 54.8. The maximum atomic E-state index is 12.5. The number of carbonyl (C=O) groups is 2. The summed E-state index contributed by atoms with van der Waals surface area (Å²) in [5, 5.41) is 23.3. The van der Waals surface area contributed by atoms with Gasteiger partial charge in [-0.05, 0) is 83.5 Å². The third-order valence-corrected chi connectivity index (χ3v) is 17.1. The van der Waals surface area contributed by atoms with Crippen molar-refractivity contribution in [3.05, 3.63) is 36.5 Å². The van der Waals surface area contributed by atoms with Crippen LogP contribution in [0, 0.1) is 0 Å². The summed E-state index contributed by atoms with van der Waals surface area (Å²) in [5.74, 6) is -0.0552. The fourth-order valence-electron chi connectivity index (χ4n) is 11.5. The van der Waals surface area contributed by atoms with E-state index in [0.29, 0.717) is 19.4 Å². The molecule has 0 aromatic carbocycles. The van der Waals surface area contributed by atoms with Crippen molar-refractivity contribution in [3.63, 3.8) is 0 Å². The Bertz CT molecular complexity index is 1310. The van der Waals surface area contributed by atoms with E-state index in [0.717, 1.165) is 44.9 Å². The van der Waals surface area contributed by atoms with Crippen LogP contribution in [0.2, 0.25) is 0 Å². The second-order valence-electron chi connectivity index (χ2n) is 25.3. The molecule has 1 amide bonds. The summed E-state index contributed by atoms with van der Waals surface area (Å²) in [4.78, 5) is 24.6. The molecular formula is C75H143NO5. The average molecular weight is 1140 g/mol. The Morgan fingerprint density at radius 1 is 0.333 bits per heavy atom. The molecule has 0 aliphatic rings. The predicted molar refractivity (Wildman–Crippen MR) is 356 cm³/mol. The smallest absolute Gasteiger partial charge is 0.305 e. The molecule has 0 bridgehead atoms. The molecule has 0 saturated carbocycles. The van der Waals surface area contributed by atoms with Gasteiger partial charge < -0.3 is 20.3 Å². The third kappa shape index (κ3) is 67.1. The largest absolute Gasteiger partial charge is 0.466 e. The zero-order valence-electron chi connectivity index (χ0n) is 54.8. The molecule has 2 atom stereocenters. The van der Waals surface area contributed by atoms with E-state index in [9.17, 15) is 19.8 Å². The quantitative estimate of drug-likeness (QED) is 0.0320. The number of unbranched alkanes of at least 4 members (excludes halogenated alkanes) is 54. The van der Waals surface area contributed by atoms with Crippen molar-refractivity contribution in [2.24, 2.45) is 0 Å². The molecule has 0 aliphatic carbocycles. The number of allylic oxidation sites excluding steroid dienone is 5. The Morgan fingerprint density at radius 3 is 0.877 bits per heavy atom. The standard InChI is InChI=1S/C75H143NO5/c1-3-5-7-9-11-13-15-17-19-20-21-31-34-37-40-43-47-51-55-59-63-67-73(78)72(71-77)76-74(79)68-64-60-56-52-48-44-41-38-35-32-29-27-25-23-22-24-26-28-30-33-36-39-42-46-50-54-58-62-66-70-81-75(80)69-65-61-57-53-49-45-18-16-14-12-10-8-6-4-2/h16,18,22,24,63,67,72-73,77-78H,3-15,17,19-21,23,25-62,64-66,68-71H2,1-2H3,(H,76,79)/b18-16-,24-22-,67-63+. The van der Waals surface area contributed by atoms with Crippen molar-refractivity contribution >= 4 is 11.9 Å². The molecule has 0 heterocycles. The van der Waals surface area contributed by atoms with Gasteiger partial charge in [0.25, 0.3) is 0 Å². The van der Waals surface area contributed by atoms with Crippen LogP contribution in [-0.4, -0.2) is 47.4 Å². The van der Waals surface area contributed by atoms with Gasteiger partial charge in [0.2, 0.25) is 5.91 Å². The molecule has 6 nitrogen and oxygen atoms in total. The molecule has 0 radical (unpaired) electrons. The summed E-state index contributed by atoms with van der Waals surface area (Å²) in [7, 11) is 0. The molecule has 81 heavy (non-hydrogen) atoms. The molecule has 6 heteroatoms. The van der Waals surface area contributed by atoms with Crippen LogP contribution in [0.1, 0.15) is 406 Å². The van der Waals surface area contributed by atoms with Gasteiger partial charge in [0.15, 0.2) is 0 Å². The Labute approximate surface area is 506 Å². The minimum absolute atomic E-state index is 0.00810. The first kappa shape index (κ1) is 79.1. The third-order valence-electron chi connectivity index (χ3n) is 17.1. The van der Waals surface area contributed by atoms with Gasteiger partial charge in [0.05, 0.1) is 25.4 Å². The molecule has 2 unspecified atom stereocenters. The van der Waals surface area contributed by atoms with Crippen LogP contribution in [0.25, 0.3) is 0 Å². The maximum Gasteiger partial charge on any atom is 0.305 e. The second kappa shape index (κ2) is 70.6. The number of aliphatic hydroxyl groups excluding tert-OH is 2. The van der Waals surface area contributed by atoms with E-state index in [2.05, 4.69) is 43.5 Å². The van der Waals surface area contributed by atoms with Crippen LogP contribution in [0.4, 0.5) is 0 Å². The van der Waals surface area contributed by atoms with E-state index in [-0.39, 0.29) is 18.5 Å². The molecule has 478 valence electrons. The summed E-state index contributed by atoms with van der Waals surface area (Å²) in [6.07, 6.45) is 90.9. The average Bonchev–Trinajstić information content (AvgIpc) is 3.47. The van der Waals surface area contributed by atoms with E-state index >= 15 is 0 Å². The van der Waals surface area contributed by atoms with Gasteiger partial charge in [-0.1, -0.05) is 346 Å². The molecule has 3 N–H and O–H groups in total. The Hall–Kier alpha value is -1.92. The summed E-state index contributed by atoms with van der Waals surface area (Å²) in [5.41, 5.74) is 0. The number of aliphatic hydroxyl groups is 2. The molecule has 0 saturated heterocycles. The highest BCUT2D eigenvalue weighted by atomic mass is 16.5. The lowest BCUT2D eigenvalue weighted by Crippen LogP contribution is -2.45. The number of hydrogen-bond donors (Lipinski definition) is 3. The first-order valence-corrected chi connectivity index (χ1v) is 36.8.